The number of alkyl carbamates (subject to hydrolysis) is 1. The third-order valence-corrected chi connectivity index (χ3v) is 6.18. The highest BCUT2D eigenvalue weighted by Crippen LogP contribution is 2.27. The van der Waals surface area contributed by atoms with Gasteiger partial charge in [0.25, 0.3) is 0 Å². The average Bonchev–Trinajstić information content (AvgIpc) is 2.91. The smallest absolute Gasteiger partial charge is 0.407 e. The zero-order valence-electron chi connectivity index (χ0n) is 20.0. The summed E-state index contributed by atoms with van der Waals surface area (Å²) < 4.78 is 17.4. The highest BCUT2D eigenvalue weighted by Gasteiger charge is 2.45. The summed E-state index contributed by atoms with van der Waals surface area (Å²) in [6.45, 7) is 0.762. The van der Waals surface area contributed by atoms with Crippen LogP contribution in [0.5, 0.6) is 0 Å². The first-order valence-electron chi connectivity index (χ1n) is 12.1. The molecule has 1 aliphatic carbocycles. The minimum atomic E-state index is -1.10. The quantitative estimate of drug-likeness (QED) is 0.447. The molecule has 0 saturated heterocycles. The number of Topliss-reactive ketones (excluding diaryl/α,β-unsaturated/α-hetero) is 1. The molecule has 188 valence electrons. The molecule has 1 amide bonds. The monoisotopic (exact) mass is 489 g/mol. The minimum Gasteiger partial charge on any atom is -0.445 e. The van der Waals surface area contributed by atoms with Gasteiger partial charge in [0.1, 0.15) is 12.4 Å². The van der Waals surface area contributed by atoms with Crippen molar-refractivity contribution in [1.29, 1.82) is 0 Å². The van der Waals surface area contributed by atoms with Gasteiger partial charge in [-0.25, -0.2) is 4.79 Å². The Hall–Kier alpha value is -3.52. The van der Waals surface area contributed by atoms with E-state index in [4.69, 9.17) is 14.2 Å². The molecule has 7 heteroatoms. The number of aliphatic hydroxyl groups excluding tert-OH is 1. The highest BCUT2D eigenvalue weighted by molar-refractivity contribution is 5.84. The van der Waals surface area contributed by atoms with Gasteiger partial charge in [0.05, 0.1) is 44.0 Å². The molecule has 7 nitrogen and oxygen atoms in total. The molecule has 0 unspecified atom stereocenters. The van der Waals surface area contributed by atoms with Gasteiger partial charge in [0.2, 0.25) is 0 Å². The van der Waals surface area contributed by atoms with Crippen molar-refractivity contribution in [3.05, 3.63) is 108 Å². The molecule has 4 rings (SSSR count). The Balaban J connectivity index is 1.44. The largest absolute Gasteiger partial charge is 0.445 e. The zero-order valence-corrected chi connectivity index (χ0v) is 20.0. The lowest BCUT2D eigenvalue weighted by atomic mass is 9.80. The van der Waals surface area contributed by atoms with E-state index in [9.17, 15) is 14.7 Å². The SMILES string of the molecule is O=C(N[C@@H]1[C@@H](OCc2ccccc2)[C@@H](COCc2ccccc2)C(=O)C[C@@H]1O)OCc1ccccc1. The molecule has 0 spiro atoms. The van der Waals surface area contributed by atoms with E-state index in [2.05, 4.69) is 5.32 Å². The van der Waals surface area contributed by atoms with Crippen LogP contribution in [0.15, 0.2) is 91.0 Å². The Labute approximate surface area is 211 Å². The van der Waals surface area contributed by atoms with E-state index < -0.39 is 30.3 Å². The lowest BCUT2D eigenvalue weighted by Gasteiger charge is -2.39. The van der Waals surface area contributed by atoms with Crippen LogP contribution in [0.1, 0.15) is 23.1 Å². The number of rotatable bonds is 10. The highest BCUT2D eigenvalue weighted by atomic mass is 16.5. The number of carbonyl (C=O) groups is 2. The molecule has 0 radical (unpaired) electrons. The van der Waals surface area contributed by atoms with Gasteiger partial charge in [0, 0.05) is 6.42 Å². The molecule has 3 aromatic rings. The standard InChI is InChI=1S/C29H31NO6/c31-25-16-26(32)27(30-29(33)36-19-23-14-8-3-9-15-23)28(35-18-22-12-6-2-7-13-22)24(25)20-34-17-21-10-4-1-5-11-21/h1-15,24,26-28,32H,16-20H2,(H,30,33)/t24-,26-,27-,28-/m0/s1. The molecule has 1 saturated carbocycles. The third-order valence-electron chi connectivity index (χ3n) is 6.18. The summed E-state index contributed by atoms with van der Waals surface area (Å²) >= 11 is 0. The van der Waals surface area contributed by atoms with Gasteiger partial charge in [-0.3, -0.25) is 4.79 Å². The van der Waals surface area contributed by atoms with Crippen molar-refractivity contribution in [1.82, 2.24) is 5.32 Å². The van der Waals surface area contributed by atoms with Crippen LogP contribution in [0.4, 0.5) is 4.79 Å². The van der Waals surface area contributed by atoms with E-state index in [0.717, 1.165) is 16.7 Å². The molecular weight excluding hydrogens is 458 g/mol. The molecule has 36 heavy (non-hydrogen) atoms. The summed E-state index contributed by atoms with van der Waals surface area (Å²) in [5, 5.41) is 13.5. The second-order valence-electron chi connectivity index (χ2n) is 8.84. The molecule has 0 aliphatic heterocycles. The molecule has 1 fully saturated rings. The maximum Gasteiger partial charge on any atom is 0.407 e. The van der Waals surface area contributed by atoms with E-state index in [-0.39, 0.29) is 32.0 Å². The first-order chi connectivity index (χ1) is 17.6. The predicted octanol–water partition coefficient (Wildman–Crippen LogP) is 4.03. The summed E-state index contributed by atoms with van der Waals surface area (Å²) in [4.78, 5) is 25.6. The van der Waals surface area contributed by atoms with Crippen LogP contribution in [-0.2, 0) is 38.8 Å². The van der Waals surface area contributed by atoms with Crippen LogP contribution in [-0.4, -0.2) is 41.8 Å². The van der Waals surface area contributed by atoms with Gasteiger partial charge in [-0.2, -0.15) is 0 Å². The number of carbonyl (C=O) groups excluding carboxylic acids is 2. The fraction of sp³-hybridized carbons (Fsp3) is 0.310. The summed E-state index contributed by atoms with van der Waals surface area (Å²) in [6, 6.07) is 27.7. The van der Waals surface area contributed by atoms with Crippen molar-refractivity contribution in [3.63, 3.8) is 0 Å². The van der Waals surface area contributed by atoms with Crippen molar-refractivity contribution in [2.75, 3.05) is 6.61 Å². The Kier molecular flexibility index (Phi) is 9.21. The van der Waals surface area contributed by atoms with Crippen LogP contribution in [0, 0.1) is 5.92 Å². The van der Waals surface area contributed by atoms with Crippen LogP contribution in [0.3, 0.4) is 0 Å². The van der Waals surface area contributed by atoms with Crippen LogP contribution < -0.4 is 5.32 Å². The van der Waals surface area contributed by atoms with E-state index in [1.54, 1.807) is 0 Å². The van der Waals surface area contributed by atoms with Gasteiger partial charge in [-0.1, -0.05) is 91.0 Å². The van der Waals surface area contributed by atoms with Crippen molar-refractivity contribution < 1.29 is 28.9 Å². The van der Waals surface area contributed by atoms with Crippen LogP contribution in [0.2, 0.25) is 0 Å². The van der Waals surface area contributed by atoms with E-state index in [1.807, 2.05) is 91.0 Å². The summed E-state index contributed by atoms with van der Waals surface area (Å²) in [5.41, 5.74) is 2.75. The van der Waals surface area contributed by atoms with Crippen LogP contribution >= 0.6 is 0 Å². The van der Waals surface area contributed by atoms with Gasteiger partial charge >= 0.3 is 6.09 Å². The number of ether oxygens (including phenoxy) is 3. The van der Waals surface area contributed by atoms with Crippen LogP contribution in [0.25, 0.3) is 0 Å². The third kappa shape index (κ3) is 7.24. The number of benzene rings is 3. The predicted molar refractivity (Wildman–Crippen MR) is 134 cm³/mol. The number of hydrogen-bond donors (Lipinski definition) is 2. The summed E-state index contributed by atoms with van der Waals surface area (Å²) in [7, 11) is 0. The first kappa shape index (κ1) is 25.6. The lowest BCUT2D eigenvalue weighted by Crippen LogP contribution is -2.60. The van der Waals surface area contributed by atoms with Crippen molar-refractivity contribution in [3.8, 4) is 0 Å². The maximum atomic E-state index is 12.9. The second-order valence-corrected chi connectivity index (χ2v) is 8.84. The first-order valence-corrected chi connectivity index (χ1v) is 12.1. The van der Waals surface area contributed by atoms with Gasteiger partial charge in [0.15, 0.2) is 0 Å². The van der Waals surface area contributed by atoms with E-state index >= 15 is 0 Å². The fourth-order valence-corrected chi connectivity index (χ4v) is 4.27. The molecular formula is C29H31NO6. The lowest BCUT2D eigenvalue weighted by molar-refractivity contribution is -0.148. The number of hydrogen-bond acceptors (Lipinski definition) is 6. The topological polar surface area (TPSA) is 94.1 Å². The molecule has 4 atom stereocenters. The number of aliphatic hydroxyl groups is 1. The molecule has 1 aliphatic rings. The minimum absolute atomic E-state index is 0.0908. The molecule has 0 bridgehead atoms. The van der Waals surface area contributed by atoms with E-state index in [0.29, 0.717) is 6.61 Å². The Morgan fingerprint density at radius 3 is 1.92 bits per heavy atom. The maximum absolute atomic E-state index is 12.9. The average molecular weight is 490 g/mol. The Morgan fingerprint density at radius 1 is 0.806 bits per heavy atom. The molecule has 3 aromatic carbocycles. The number of amides is 1. The number of ketones is 1. The van der Waals surface area contributed by atoms with Crippen molar-refractivity contribution in [2.45, 2.75) is 44.5 Å². The van der Waals surface area contributed by atoms with Crippen molar-refractivity contribution >= 4 is 11.9 Å². The Bertz CT molecular complexity index is 1090. The van der Waals surface area contributed by atoms with Gasteiger partial charge < -0.3 is 24.6 Å². The summed E-state index contributed by atoms with van der Waals surface area (Å²) in [5.74, 6) is -0.815. The van der Waals surface area contributed by atoms with Gasteiger partial charge in [-0.15, -0.1) is 0 Å². The summed E-state index contributed by atoms with van der Waals surface area (Å²) in [6.07, 6.45) is -2.68. The molecule has 2 N–H and O–H groups in total. The molecule has 0 heterocycles. The number of nitrogens with one attached hydrogen (secondary N) is 1. The fourth-order valence-electron chi connectivity index (χ4n) is 4.27. The molecule has 0 aromatic heterocycles. The second kappa shape index (κ2) is 13.0. The van der Waals surface area contributed by atoms with Gasteiger partial charge in [-0.05, 0) is 16.7 Å². The normalized spacial score (nSPS) is 21.6. The Morgan fingerprint density at radius 2 is 1.33 bits per heavy atom. The van der Waals surface area contributed by atoms with E-state index in [1.165, 1.54) is 0 Å². The van der Waals surface area contributed by atoms with Crippen molar-refractivity contribution in [2.24, 2.45) is 5.92 Å². The zero-order chi connectivity index (χ0) is 25.2.